The number of rotatable bonds is 9. The Hall–Kier alpha value is -2.85. The quantitative estimate of drug-likeness (QED) is 0.313. The van der Waals surface area contributed by atoms with Crippen LogP contribution in [0.25, 0.3) is 0 Å². The number of carbonyl (C=O) groups excluding carboxylic acids is 1. The van der Waals surface area contributed by atoms with Gasteiger partial charge in [0, 0.05) is 15.5 Å². The molecule has 0 saturated carbocycles. The average Bonchev–Trinajstić information content (AvgIpc) is 3.18. The Bertz CT molecular complexity index is 1200. The Morgan fingerprint density at radius 1 is 1.30 bits per heavy atom. The number of anilines is 2. The van der Waals surface area contributed by atoms with Crippen molar-refractivity contribution in [2.75, 3.05) is 10.8 Å². The molecule has 2 N–H and O–H groups in total. The minimum absolute atomic E-state index is 0.106. The molecule has 7 nitrogen and oxygen atoms in total. The van der Waals surface area contributed by atoms with E-state index in [4.69, 9.17) is 9.81 Å². The molecule has 0 spiro atoms. The molecular formula is C21H18F2N4O3S3. The van der Waals surface area contributed by atoms with Crippen LogP contribution in [0.4, 0.5) is 19.6 Å². The van der Waals surface area contributed by atoms with E-state index in [2.05, 4.69) is 10.3 Å². The van der Waals surface area contributed by atoms with Crippen LogP contribution in [0, 0.1) is 18.3 Å². The first kappa shape index (κ1) is 24.8. The van der Waals surface area contributed by atoms with Crippen molar-refractivity contribution < 1.29 is 22.3 Å². The van der Waals surface area contributed by atoms with Gasteiger partial charge in [-0.15, -0.1) is 11.3 Å². The fraction of sp³-hybridized carbons (Fsp3) is 0.190. The van der Waals surface area contributed by atoms with Gasteiger partial charge in [-0.1, -0.05) is 30.0 Å². The predicted octanol–water partition coefficient (Wildman–Crippen LogP) is 4.89. The summed E-state index contributed by atoms with van der Waals surface area (Å²) in [5.41, 5.74) is 1.86. The summed E-state index contributed by atoms with van der Waals surface area (Å²) in [6, 6.07) is 15.5. The second kappa shape index (κ2) is 11.3. The smallest absolute Gasteiger partial charge is 0.288 e. The van der Waals surface area contributed by atoms with Gasteiger partial charge in [-0.05, 0) is 42.8 Å². The first-order chi connectivity index (χ1) is 15.8. The SMILES string of the molecule is Cc1sc(N(Cc2ccccc2SC(F)F)c2ccc(C#N)cc2)nc1C(=O)NCS(=O)O. The zero-order valence-electron chi connectivity index (χ0n) is 17.2. The molecule has 172 valence electrons. The van der Waals surface area contributed by atoms with Crippen molar-refractivity contribution >= 4 is 50.9 Å². The van der Waals surface area contributed by atoms with Crippen LogP contribution in [0.5, 0.6) is 0 Å². The van der Waals surface area contributed by atoms with E-state index in [9.17, 15) is 17.8 Å². The van der Waals surface area contributed by atoms with Gasteiger partial charge in [-0.2, -0.15) is 14.0 Å². The fourth-order valence-electron chi connectivity index (χ4n) is 2.92. The van der Waals surface area contributed by atoms with Gasteiger partial charge in [0.25, 0.3) is 11.7 Å². The van der Waals surface area contributed by atoms with Gasteiger partial charge in [0.15, 0.2) is 16.2 Å². The Kier molecular flexibility index (Phi) is 8.51. The van der Waals surface area contributed by atoms with Crippen LogP contribution in [0.1, 0.15) is 26.5 Å². The van der Waals surface area contributed by atoms with E-state index in [0.717, 1.165) is 0 Å². The van der Waals surface area contributed by atoms with E-state index in [-0.39, 0.29) is 12.2 Å². The predicted molar refractivity (Wildman–Crippen MR) is 125 cm³/mol. The molecule has 1 atom stereocenters. The monoisotopic (exact) mass is 508 g/mol. The van der Waals surface area contributed by atoms with E-state index in [1.54, 1.807) is 60.4 Å². The van der Waals surface area contributed by atoms with Crippen molar-refractivity contribution in [2.45, 2.75) is 24.1 Å². The van der Waals surface area contributed by atoms with Crippen molar-refractivity contribution in [3.05, 3.63) is 70.2 Å². The number of aromatic nitrogens is 1. The molecule has 12 heteroatoms. The summed E-state index contributed by atoms with van der Waals surface area (Å²) < 4.78 is 45.9. The Balaban J connectivity index is 2.00. The molecule has 0 bridgehead atoms. The van der Waals surface area contributed by atoms with Crippen LogP contribution in [0.2, 0.25) is 0 Å². The van der Waals surface area contributed by atoms with E-state index in [1.807, 2.05) is 6.07 Å². The fourth-order valence-corrected chi connectivity index (χ4v) is 4.73. The zero-order chi connectivity index (χ0) is 24.0. The number of alkyl halides is 2. The number of nitrogens with one attached hydrogen (secondary N) is 1. The number of halogens is 2. The number of hydrogen-bond donors (Lipinski definition) is 2. The lowest BCUT2D eigenvalue weighted by molar-refractivity contribution is 0.0955. The van der Waals surface area contributed by atoms with Gasteiger partial charge in [0.05, 0.1) is 18.2 Å². The lowest BCUT2D eigenvalue weighted by Crippen LogP contribution is -2.27. The zero-order valence-corrected chi connectivity index (χ0v) is 19.6. The van der Waals surface area contributed by atoms with Crippen LogP contribution in [-0.4, -0.2) is 31.3 Å². The third-order valence-corrected chi connectivity index (χ3v) is 6.63. The molecule has 1 unspecified atom stereocenters. The molecule has 1 amide bonds. The summed E-state index contributed by atoms with van der Waals surface area (Å²) in [6.45, 7) is 1.89. The minimum Gasteiger partial charge on any atom is -0.337 e. The molecule has 33 heavy (non-hydrogen) atoms. The molecule has 1 aromatic heterocycles. The molecule has 1 heterocycles. The van der Waals surface area contributed by atoms with Crippen LogP contribution in [0.3, 0.4) is 0 Å². The van der Waals surface area contributed by atoms with Crippen LogP contribution < -0.4 is 10.2 Å². The number of amides is 1. The minimum atomic E-state index is -2.58. The summed E-state index contributed by atoms with van der Waals surface area (Å²) in [4.78, 5) is 19.6. The van der Waals surface area contributed by atoms with Crippen LogP contribution >= 0.6 is 23.1 Å². The Morgan fingerprint density at radius 2 is 2.00 bits per heavy atom. The number of thioether (sulfide) groups is 1. The highest BCUT2D eigenvalue weighted by molar-refractivity contribution is 7.99. The first-order valence-electron chi connectivity index (χ1n) is 9.42. The van der Waals surface area contributed by atoms with E-state index in [0.29, 0.717) is 43.5 Å². The second-order valence-corrected chi connectivity index (χ2v) is 9.75. The molecule has 0 fully saturated rings. The lowest BCUT2D eigenvalue weighted by atomic mass is 10.1. The van der Waals surface area contributed by atoms with Crippen LogP contribution in [0.15, 0.2) is 53.4 Å². The molecule has 0 aliphatic rings. The van der Waals surface area contributed by atoms with Crippen molar-refractivity contribution in [1.82, 2.24) is 10.3 Å². The summed E-state index contributed by atoms with van der Waals surface area (Å²) in [7, 11) is 0. The third-order valence-electron chi connectivity index (χ3n) is 4.41. The summed E-state index contributed by atoms with van der Waals surface area (Å²) in [5, 5.41) is 11.9. The molecule has 0 aliphatic heterocycles. The molecular weight excluding hydrogens is 490 g/mol. The number of nitrogens with zero attached hydrogens (tertiary/aromatic N) is 3. The average molecular weight is 509 g/mol. The van der Waals surface area contributed by atoms with Gasteiger partial charge in [0.2, 0.25) is 0 Å². The second-order valence-electron chi connectivity index (χ2n) is 6.60. The lowest BCUT2D eigenvalue weighted by Gasteiger charge is -2.23. The normalized spacial score (nSPS) is 11.8. The van der Waals surface area contributed by atoms with Crippen molar-refractivity contribution in [3.63, 3.8) is 0 Å². The summed E-state index contributed by atoms with van der Waals surface area (Å²) in [5.74, 6) is -3.60. The van der Waals surface area contributed by atoms with Gasteiger partial charge in [-0.3, -0.25) is 4.79 Å². The van der Waals surface area contributed by atoms with Crippen molar-refractivity contribution in [2.24, 2.45) is 0 Å². The summed E-state index contributed by atoms with van der Waals surface area (Å²) >= 11 is -0.519. The topological polar surface area (TPSA) is 106 Å². The molecule has 3 aromatic rings. The standard InChI is InChI=1S/C21H18F2N4O3S3/c1-13-18(19(28)25-12-33(29)30)26-21(31-13)27(16-8-6-14(10-24)7-9-16)11-15-4-2-3-5-17(15)32-20(22)23/h2-9,20H,11-12H2,1H3,(H,25,28)(H,29,30). The maximum absolute atomic E-state index is 13.1. The summed E-state index contributed by atoms with van der Waals surface area (Å²) in [6.07, 6.45) is 0. The van der Waals surface area contributed by atoms with Crippen molar-refractivity contribution in [1.29, 1.82) is 5.26 Å². The number of aryl methyl sites for hydroxylation is 1. The van der Waals surface area contributed by atoms with E-state index >= 15 is 0 Å². The maximum atomic E-state index is 13.1. The number of carbonyl (C=O) groups is 1. The first-order valence-corrected chi connectivity index (χ1v) is 12.4. The molecule has 2 aromatic carbocycles. The molecule has 0 aliphatic carbocycles. The highest BCUT2D eigenvalue weighted by Crippen LogP contribution is 2.36. The number of nitriles is 1. The van der Waals surface area contributed by atoms with Crippen LogP contribution in [-0.2, 0) is 17.6 Å². The van der Waals surface area contributed by atoms with Gasteiger partial charge in [0.1, 0.15) is 11.6 Å². The largest absolute Gasteiger partial charge is 0.337 e. The molecule has 3 rings (SSSR count). The Labute approximate surface area is 199 Å². The van der Waals surface area contributed by atoms with E-state index < -0.39 is 28.6 Å². The van der Waals surface area contributed by atoms with Gasteiger partial charge >= 0.3 is 0 Å². The Morgan fingerprint density at radius 3 is 2.64 bits per heavy atom. The van der Waals surface area contributed by atoms with Gasteiger partial charge < -0.3 is 14.8 Å². The number of hydrogen-bond acceptors (Lipinski definition) is 7. The van der Waals surface area contributed by atoms with E-state index in [1.165, 1.54) is 11.3 Å². The number of benzene rings is 2. The van der Waals surface area contributed by atoms with Gasteiger partial charge in [-0.25, -0.2) is 9.19 Å². The third kappa shape index (κ3) is 6.58. The maximum Gasteiger partial charge on any atom is 0.288 e. The van der Waals surface area contributed by atoms with Crippen molar-refractivity contribution in [3.8, 4) is 6.07 Å². The molecule has 0 radical (unpaired) electrons. The highest BCUT2D eigenvalue weighted by Gasteiger charge is 2.22. The number of thiazole rings is 1. The molecule has 0 saturated heterocycles. The highest BCUT2D eigenvalue weighted by atomic mass is 32.2.